The Hall–Kier alpha value is -0.790. The average molecular weight is 233 g/mol. The molecule has 0 aliphatic rings. The van der Waals surface area contributed by atoms with Crippen LogP contribution in [0.15, 0.2) is 0 Å². The molecule has 0 aromatic heterocycles. The van der Waals surface area contributed by atoms with Gasteiger partial charge in [0.15, 0.2) is 15.1 Å². The second-order valence-corrected chi connectivity index (χ2v) is 5.02. The lowest BCUT2D eigenvalue weighted by molar-refractivity contribution is -0.131. The molecule has 0 spiro atoms. The van der Waals surface area contributed by atoms with Crippen LogP contribution < -0.4 is 5.32 Å². The highest BCUT2D eigenvalue weighted by Gasteiger charge is 2.46. The molecule has 0 aromatic carbocycles. The van der Waals surface area contributed by atoms with E-state index >= 15 is 0 Å². The third-order valence-corrected chi connectivity index (χ3v) is 2.89. The molecule has 1 amide bonds. The normalized spacial score (nSPS) is 14.9. The van der Waals surface area contributed by atoms with E-state index in [-0.39, 0.29) is 0 Å². The first kappa shape index (κ1) is 13.2. The fraction of sp³-hybridized carbons (Fsp3) is 0.833. The van der Waals surface area contributed by atoms with Gasteiger partial charge in [-0.2, -0.15) is 13.2 Å². The summed E-state index contributed by atoms with van der Waals surface area (Å²) in [4.78, 5) is 10.3. The zero-order valence-corrected chi connectivity index (χ0v) is 8.37. The van der Waals surface area contributed by atoms with Crippen LogP contribution in [0.1, 0.15) is 6.92 Å². The van der Waals surface area contributed by atoms with E-state index in [2.05, 4.69) is 0 Å². The second kappa shape index (κ2) is 4.16. The number of carbonyl (C=O) groups is 1. The van der Waals surface area contributed by atoms with Crippen LogP contribution in [0.25, 0.3) is 0 Å². The summed E-state index contributed by atoms with van der Waals surface area (Å²) in [5, 5.41) is -0.722. The smallest absolute Gasteiger partial charge is 0.355 e. The molecule has 0 aliphatic carbocycles. The van der Waals surface area contributed by atoms with Crippen LogP contribution in [-0.2, 0) is 14.6 Å². The van der Waals surface area contributed by atoms with E-state index in [1.165, 1.54) is 0 Å². The molecule has 1 N–H and O–H groups in total. The first-order valence-corrected chi connectivity index (χ1v) is 5.50. The molecule has 0 aromatic rings. The highest BCUT2D eigenvalue weighted by molar-refractivity contribution is 7.91. The van der Waals surface area contributed by atoms with Crippen molar-refractivity contribution >= 4 is 15.7 Å². The molecule has 8 heteroatoms. The van der Waals surface area contributed by atoms with Gasteiger partial charge in [-0.25, -0.2) is 8.42 Å². The van der Waals surface area contributed by atoms with Gasteiger partial charge < -0.3 is 5.32 Å². The number of nitrogens with one attached hydrogen (secondary N) is 1. The molecular formula is C6H10F3NO3S. The summed E-state index contributed by atoms with van der Waals surface area (Å²) in [6.45, 7) is 0.0629. The van der Waals surface area contributed by atoms with E-state index in [0.717, 1.165) is 6.92 Å². The first-order chi connectivity index (χ1) is 6.05. The van der Waals surface area contributed by atoms with Gasteiger partial charge in [0, 0.05) is 19.7 Å². The lowest BCUT2D eigenvalue weighted by Gasteiger charge is -2.18. The van der Waals surface area contributed by atoms with Gasteiger partial charge in [0.2, 0.25) is 5.91 Å². The lowest BCUT2D eigenvalue weighted by Crippen LogP contribution is -2.45. The molecule has 0 rings (SSSR count). The van der Waals surface area contributed by atoms with E-state index in [1.54, 1.807) is 0 Å². The SMILES string of the molecule is CC(=O)NCC(C(F)(F)F)S(C)(=O)=O. The Kier molecular flexibility index (Phi) is 3.92. The quantitative estimate of drug-likeness (QED) is 0.751. The maximum absolute atomic E-state index is 12.1. The number of alkyl halides is 3. The second-order valence-electron chi connectivity index (χ2n) is 2.80. The number of sulfone groups is 1. The van der Waals surface area contributed by atoms with Gasteiger partial charge >= 0.3 is 6.18 Å². The van der Waals surface area contributed by atoms with Crippen LogP contribution in [0.4, 0.5) is 13.2 Å². The van der Waals surface area contributed by atoms with Crippen LogP contribution in [0.5, 0.6) is 0 Å². The maximum Gasteiger partial charge on any atom is 0.407 e. The number of rotatable bonds is 3. The van der Waals surface area contributed by atoms with Gasteiger partial charge in [-0.05, 0) is 0 Å². The molecule has 1 unspecified atom stereocenters. The Morgan fingerprint density at radius 1 is 1.43 bits per heavy atom. The highest BCUT2D eigenvalue weighted by Crippen LogP contribution is 2.24. The standard InChI is InChI=1S/C6H10F3NO3S/c1-4(11)10-3-5(6(7,8)9)14(2,12)13/h5H,3H2,1-2H3,(H,10,11). The fourth-order valence-electron chi connectivity index (χ4n) is 0.746. The predicted molar refractivity (Wildman–Crippen MR) is 43.4 cm³/mol. The van der Waals surface area contributed by atoms with Crippen molar-refractivity contribution in [2.24, 2.45) is 0 Å². The van der Waals surface area contributed by atoms with Gasteiger partial charge in [-0.15, -0.1) is 0 Å². The van der Waals surface area contributed by atoms with Crippen molar-refractivity contribution in [2.75, 3.05) is 12.8 Å². The Morgan fingerprint density at radius 2 is 1.86 bits per heavy atom. The largest absolute Gasteiger partial charge is 0.407 e. The van der Waals surface area contributed by atoms with E-state index in [9.17, 15) is 26.4 Å². The van der Waals surface area contributed by atoms with Gasteiger partial charge in [0.05, 0.1) is 0 Å². The molecule has 0 bridgehead atoms. The molecule has 0 radical (unpaired) electrons. The first-order valence-electron chi connectivity index (χ1n) is 3.55. The fourth-order valence-corrected chi connectivity index (χ4v) is 1.62. The van der Waals surface area contributed by atoms with Crippen LogP contribution in [0, 0.1) is 0 Å². The Labute approximate surface area is 79.4 Å². The van der Waals surface area contributed by atoms with Crippen molar-refractivity contribution in [3.63, 3.8) is 0 Å². The monoisotopic (exact) mass is 233 g/mol. The summed E-state index contributed by atoms with van der Waals surface area (Å²) in [5.74, 6) is -0.706. The van der Waals surface area contributed by atoms with E-state index in [1.807, 2.05) is 5.32 Å². The number of hydrogen-bond donors (Lipinski definition) is 1. The van der Waals surface area contributed by atoms with Crippen LogP contribution in [0.3, 0.4) is 0 Å². The summed E-state index contributed by atoms with van der Waals surface area (Å²) >= 11 is 0. The van der Waals surface area contributed by atoms with Crippen LogP contribution in [-0.4, -0.2) is 38.6 Å². The van der Waals surface area contributed by atoms with Crippen molar-refractivity contribution in [1.29, 1.82) is 0 Å². The predicted octanol–water partition coefficient (Wildman–Crippen LogP) is 0.0980. The van der Waals surface area contributed by atoms with Crippen molar-refractivity contribution in [1.82, 2.24) is 5.32 Å². The Morgan fingerprint density at radius 3 is 2.07 bits per heavy atom. The zero-order chi connectivity index (χ0) is 11.6. The van der Waals surface area contributed by atoms with Gasteiger partial charge in [-0.3, -0.25) is 4.79 Å². The molecule has 0 saturated heterocycles. The number of amides is 1. The molecule has 0 saturated carbocycles. The number of halogens is 3. The summed E-state index contributed by atoms with van der Waals surface area (Å²) in [5.41, 5.74) is 0. The minimum atomic E-state index is -4.87. The summed E-state index contributed by atoms with van der Waals surface area (Å²) < 4.78 is 57.8. The van der Waals surface area contributed by atoms with Gasteiger partial charge in [-0.1, -0.05) is 0 Å². The third kappa shape index (κ3) is 4.45. The van der Waals surface area contributed by atoms with Crippen molar-refractivity contribution < 1.29 is 26.4 Å². The molecule has 4 nitrogen and oxygen atoms in total. The van der Waals surface area contributed by atoms with Gasteiger partial charge in [0.25, 0.3) is 0 Å². The summed E-state index contributed by atoms with van der Waals surface area (Å²) in [6, 6.07) is 0. The number of hydrogen-bond acceptors (Lipinski definition) is 3. The number of carbonyl (C=O) groups excluding carboxylic acids is 1. The molecular weight excluding hydrogens is 223 g/mol. The molecule has 84 valence electrons. The minimum Gasteiger partial charge on any atom is -0.355 e. The molecule has 0 aliphatic heterocycles. The summed E-state index contributed by atoms with van der Waals surface area (Å²) in [6.07, 6.45) is -4.39. The van der Waals surface area contributed by atoms with Crippen LogP contribution >= 0.6 is 0 Å². The Bertz CT molecular complexity index is 309. The van der Waals surface area contributed by atoms with E-state index in [4.69, 9.17) is 0 Å². The lowest BCUT2D eigenvalue weighted by atomic mass is 10.4. The third-order valence-electron chi connectivity index (χ3n) is 1.42. The van der Waals surface area contributed by atoms with Crippen LogP contribution in [0.2, 0.25) is 0 Å². The zero-order valence-electron chi connectivity index (χ0n) is 7.55. The maximum atomic E-state index is 12.1. The van der Waals surface area contributed by atoms with E-state index in [0.29, 0.717) is 6.26 Å². The van der Waals surface area contributed by atoms with Crippen molar-refractivity contribution in [3.8, 4) is 0 Å². The van der Waals surface area contributed by atoms with Crippen molar-refractivity contribution in [3.05, 3.63) is 0 Å². The molecule has 1 atom stereocenters. The molecule has 14 heavy (non-hydrogen) atoms. The minimum absolute atomic E-state index is 0.479. The Balaban J connectivity index is 4.69. The van der Waals surface area contributed by atoms with Crippen molar-refractivity contribution in [2.45, 2.75) is 18.3 Å². The topological polar surface area (TPSA) is 63.2 Å². The van der Waals surface area contributed by atoms with Gasteiger partial charge in [0.1, 0.15) is 0 Å². The molecule has 0 heterocycles. The van der Waals surface area contributed by atoms with E-state index < -0.39 is 33.7 Å². The average Bonchev–Trinajstić information content (AvgIpc) is 1.78. The molecule has 0 fully saturated rings. The highest BCUT2D eigenvalue weighted by atomic mass is 32.2. The summed E-state index contributed by atoms with van der Waals surface area (Å²) in [7, 11) is -4.26.